The molecule has 10 heterocycles. The van der Waals surface area contributed by atoms with Crippen LogP contribution in [0.2, 0.25) is 0 Å². The lowest BCUT2D eigenvalue weighted by Gasteiger charge is -2.71. The van der Waals surface area contributed by atoms with E-state index in [2.05, 4.69) is 54.5 Å². The highest BCUT2D eigenvalue weighted by Crippen LogP contribution is 2.76. The van der Waals surface area contributed by atoms with Gasteiger partial charge in [0.05, 0.1) is 83.2 Å². The molecule has 0 radical (unpaired) electrons. The van der Waals surface area contributed by atoms with Crippen molar-refractivity contribution in [2.75, 3.05) is 53.4 Å². The lowest BCUT2D eigenvalue weighted by atomic mass is 9.33. The summed E-state index contributed by atoms with van der Waals surface area (Å²) in [6.45, 7) is 14.0. The predicted octanol–water partition coefficient (Wildman–Crippen LogP) is -8.75. The van der Waals surface area contributed by atoms with Gasteiger partial charge in [-0.1, -0.05) is 66.2 Å². The standard InChI is InChI=1S/C98H152O51/c1-35-54(105)62(113)69(120)82(133-35)130-32-47-58(109)64(115)71(122)87(140-47)147-79-61(112)44(28-99)136-91(81(79)143-53(104)17-13-38-12-15-43(128-11)41(102)26-38)145-77-46(30-101)138-86(74(125)67(77)118)139-49-34-132-84(68(119)60(49)111)146-78-56(107)37(3)135-89(75(78)126)148-80-57(108)42(103)31-129-90(80)142-52-19-20-95(8)50(94(52,6)7)18-21-97(10)51(95)16-14-39-40-27-93(4,5)22-24-98(40,25-23-96(39,97)9)92(127)149-88-72(123)65(116)59(110)48(141-88)33-131-83-73(124)66(117)76(45(29-100)137-83)144-85-70(121)63(114)55(106)36(2)134-85/h12-15,17,26,35-37,40,42,44-52,54-91,99-103,105-126H,16,18-25,27-34H2,1-11H3/b17-13+/t35-,36-,37-,40-,42-,44+,45+,46+,47+,48+,49+,50-,51+,52-,54-,55-,56-,57-,58+,59+,60+,61+,62+,63+,64-,65-,66+,67+,68+,69+,70+,71+,72+,73+,74+,75+,76+,77+,78+,79-,80+,81+,82+,83+,84-,85-,86-,87-,88-,89-,90-,91-,95-,96+,97+,98-/m0/s1. The highest BCUT2D eigenvalue weighted by Gasteiger charge is 2.72. The van der Waals surface area contributed by atoms with Gasteiger partial charge in [-0.15, -0.1) is 0 Å². The number of phenols is 1. The number of phenolic OH excluding ortho intramolecular Hbond substituents is 1. The molecule has 10 aliphatic heterocycles. The second-order valence-electron chi connectivity index (χ2n) is 44.9. The second-order valence-corrected chi connectivity index (χ2v) is 44.9. The quantitative estimate of drug-likeness (QED) is 0.0153. The van der Waals surface area contributed by atoms with Crippen LogP contribution in [0.25, 0.3) is 6.08 Å². The number of aliphatic hydroxyl groups excluding tert-OH is 26. The summed E-state index contributed by atoms with van der Waals surface area (Å²) in [5, 5.41) is 302. The van der Waals surface area contributed by atoms with E-state index >= 15 is 4.79 Å². The topological polar surface area (TPSA) is 783 Å². The van der Waals surface area contributed by atoms with E-state index < -0.39 is 375 Å². The summed E-state index contributed by atoms with van der Waals surface area (Å²) in [6.07, 6.45) is -77.9. The summed E-state index contributed by atoms with van der Waals surface area (Å²) in [5.41, 5.74) is -1.87. The number of rotatable bonds is 29. The van der Waals surface area contributed by atoms with Crippen LogP contribution in [-0.4, -0.2) is 504 Å². The van der Waals surface area contributed by atoms with Crippen molar-refractivity contribution < 1.29 is 252 Å². The molecule has 27 N–H and O–H groups in total. The Hall–Kier alpha value is -4.56. The molecular weight excluding hydrogens is 1990 g/mol. The third kappa shape index (κ3) is 22.3. The van der Waals surface area contributed by atoms with Crippen molar-refractivity contribution in [2.24, 2.45) is 50.2 Å². The molecule has 850 valence electrons. The Labute approximate surface area is 857 Å². The Balaban J connectivity index is 0.546. The Morgan fingerprint density at radius 2 is 0.886 bits per heavy atom. The van der Waals surface area contributed by atoms with Crippen molar-refractivity contribution in [1.29, 1.82) is 0 Å². The van der Waals surface area contributed by atoms with Gasteiger partial charge in [-0.2, -0.15) is 0 Å². The second kappa shape index (κ2) is 46.4. The van der Waals surface area contributed by atoms with E-state index in [1.807, 2.05) is 0 Å². The average Bonchev–Trinajstić information content (AvgIpc) is 0.671. The number of ether oxygens (including phenoxy) is 22. The van der Waals surface area contributed by atoms with Gasteiger partial charge in [0.15, 0.2) is 74.2 Å². The minimum atomic E-state index is -2.27. The van der Waals surface area contributed by atoms with Crippen LogP contribution in [0.3, 0.4) is 0 Å². The van der Waals surface area contributed by atoms with Gasteiger partial charge in [0.25, 0.3) is 0 Å². The van der Waals surface area contributed by atoms with Crippen LogP contribution in [0.15, 0.2) is 35.9 Å². The number of methoxy groups -OCH3 is 1. The minimum Gasteiger partial charge on any atom is -0.504 e. The zero-order chi connectivity index (χ0) is 108. The molecule has 1 aromatic rings. The van der Waals surface area contributed by atoms with Gasteiger partial charge < -0.3 is 242 Å². The third-order valence-electron chi connectivity index (χ3n) is 35.0. The van der Waals surface area contributed by atoms with E-state index in [0.29, 0.717) is 51.4 Å². The number of carbonyl (C=O) groups is 2. The van der Waals surface area contributed by atoms with Crippen molar-refractivity contribution in [2.45, 2.75) is 434 Å². The summed E-state index contributed by atoms with van der Waals surface area (Å²) in [5.74, 6) is -2.51. The van der Waals surface area contributed by atoms with E-state index in [4.69, 9.17) is 104 Å². The summed E-state index contributed by atoms with van der Waals surface area (Å²) in [6, 6.07) is 4.02. The Morgan fingerprint density at radius 1 is 0.403 bits per heavy atom. The van der Waals surface area contributed by atoms with Crippen molar-refractivity contribution in [3.8, 4) is 11.5 Å². The van der Waals surface area contributed by atoms with Gasteiger partial charge in [-0.05, 0) is 154 Å². The van der Waals surface area contributed by atoms with Crippen LogP contribution < -0.4 is 4.74 Å². The third-order valence-corrected chi connectivity index (χ3v) is 35.0. The van der Waals surface area contributed by atoms with Gasteiger partial charge >= 0.3 is 11.9 Å². The molecule has 0 amide bonds. The van der Waals surface area contributed by atoms with Crippen LogP contribution in [-0.2, 0) is 109 Å². The maximum atomic E-state index is 15.5. The molecular formula is C98H152O51. The predicted molar refractivity (Wildman–Crippen MR) is 490 cm³/mol. The van der Waals surface area contributed by atoms with Gasteiger partial charge in [0.1, 0.15) is 208 Å². The summed E-state index contributed by atoms with van der Waals surface area (Å²) < 4.78 is 131. The fourth-order valence-corrected chi connectivity index (χ4v) is 25.7. The van der Waals surface area contributed by atoms with E-state index in [9.17, 15) is 143 Å². The van der Waals surface area contributed by atoms with Crippen LogP contribution in [0.4, 0.5) is 0 Å². The molecule has 10 saturated heterocycles. The molecule has 149 heavy (non-hydrogen) atoms. The van der Waals surface area contributed by atoms with Gasteiger partial charge in [-0.25, -0.2) is 4.79 Å². The number of esters is 2. The summed E-state index contributed by atoms with van der Waals surface area (Å²) in [4.78, 5) is 29.5. The van der Waals surface area contributed by atoms with Gasteiger partial charge in [-0.3, -0.25) is 4.79 Å². The number of allylic oxidation sites excluding steroid dienone is 2. The zero-order valence-corrected chi connectivity index (χ0v) is 84.4. The van der Waals surface area contributed by atoms with E-state index in [1.165, 1.54) is 46.1 Å². The lowest BCUT2D eigenvalue weighted by Crippen LogP contribution is -2.68. The lowest BCUT2D eigenvalue weighted by molar-refractivity contribution is -0.391. The average molecular weight is 2150 g/mol. The number of aliphatic hydroxyl groups is 26. The molecule has 0 spiro atoms. The molecule has 0 unspecified atom stereocenters. The highest BCUT2D eigenvalue weighted by molar-refractivity contribution is 5.87. The van der Waals surface area contributed by atoms with E-state index in [-0.39, 0.29) is 51.1 Å². The summed E-state index contributed by atoms with van der Waals surface area (Å²) in [7, 11) is 1.30. The molecule has 0 bridgehead atoms. The number of hydrogen-bond donors (Lipinski definition) is 27. The largest absolute Gasteiger partial charge is 0.504 e. The van der Waals surface area contributed by atoms with Gasteiger partial charge in [0.2, 0.25) is 6.29 Å². The zero-order valence-electron chi connectivity index (χ0n) is 84.4. The normalized spacial score (nSPS) is 51.1. The van der Waals surface area contributed by atoms with Gasteiger partial charge in [0, 0.05) is 6.08 Å². The Kier molecular flexibility index (Phi) is 36.4. The van der Waals surface area contributed by atoms with Crippen molar-refractivity contribution in [1.82, 2.24) is 0 Å². The maximum Gasteiger partial charge on any atom is 0.331 e. The molecule has 4 saturated carbocycles. The first kappa shape index (κ1) is 117. The fourth-order valence-electron chi connectivity index (χ4n) is 25.7. The number of aromatic hydroxyl groups is 1. The molecule has 56 atom stereocenters. The van der Waals surface area contributed by atoms with E-state index in [0.717, 1.165) is 30.6 Å². The molecule has 5 aliphatic carbocycles. The number of fused-ring (bicyclic) bond motifs is 7. The van der Waals surface area contributed by atoms with E-state index in [1.54, 1.807) is 0 Å². The monoisotopic (exact) mass is 2140 g/mol. The number of carbonyl (C=O) groups excluding carboxylic acids is 2. The van der Waals surface area contributed by atoms with Crippen LogP contribution in [0, 0.1) is 50.2 Å². The molecule has 16 rings (SSSR count). The Bertz CT molecular complexity index is 4660. The number of hydrogen-bond acceptors (Lipinski definition) is 51. The first-order valence-electron chi connectivity index (χ1n) is 51.2. The number of benzene rings is 1. The molecule has 1 aromatic carbocycles. The van der Waals surface area contributed by atoms with Crippen LogP contribution in [0.1, 0.15) is 139 Å². The maximum absolute atomic E-state index is 15.5. The first-order chi connectivity index (χ1) is 70.2. The van der Waals surface area contributed by atoms with Crippen LogP contribution in [0.5, 0.6) is 11.5 Å². The summed E-state index contributed by atoms with van der Waals surface area (Å²) >= 11 is 0. The molecule has 15 aliphatic rings. The SMILES string of the molecule is COc1ccc(/C=C/C(=O)O[C@H]2[C@H](O[C@H]3[C@H](O)[C@@H](O)[C@H](O[C@@H]4CO[C@@H](O[C@@H]5[C@@H](O)[C@H](C)O[C@@H](O[C@H]6[C@H](O[C@H]7CC[C@]8(C)[C@H]9CC=C%10[C@@H]%11CC(C)(C)CC[C@]%11(C(=O)O[C@@H]%11O[C@H](CO[C@@H]%12O[C@H](CO)[C@@H](O[C@@H]%13O[C@@H](C)[C@H](O)[C@@H](O)[C@H]%13O)[C@H](O)[C@H]%12O)[C@@H](O)[C@H](O)[C@H]%11O)CC[C@@]%10(C)[C@]9(C)CC[C@H]8C7(C)C)OC[C@H](O)[C@@H]6O)[C@@H]5O)[C@H](O)[C@@H]4O)O[C@@H]3CO)O[C@H](CO)[C@@H](O)[C@@H]2O[C@@H]2O[C@H](CO[C@@H]3O[C@@H](C)[C@H](O)[C@@H](O)[C@H]3O)[C@@H](O)[C@H](O)[C@H]2O)cc1O. The molecule has 51 heteroatoms. The van der Waals surface area contributed by atoms with Crippen molar-refractivity contribution >= 4 is 18.0 Å². The van der Waals surface area contributed by atoms with Crippen LogP contribution >= 0.6 is 0 Å². The minimum absolute atomic E-state index is 0.00845. The first-order valence-corrected chi connectivity index (χ1v) is 51.2. The van der Waals surface area contributed by atoms with Crippen molar-refractivity contribution in [3.05, 3.63) is 41.5 Å². The highest BCUT2D eigenvalue weighted by atomic mass is 16.8. The molecule has 0 aromatic heterocycles. The van der Waals surface area contributed by atoms with Crippen molar-refractivity contribution in [3.63, 3.8) is 0 Å². The smallest absolute Gasteiger partial charge is 0.331 e. The molecule has 14 fully saturated rings. The fraction of sp³-hybridized carbons (Fsp3) is 0.878. The Morgan fingerprint density at radius 3 is 1.50 bits per heavy atom. The molecule has 51 nitrogen and oxygen atoms in total.